The van der Waals surface area contributed by atoms with Crippen molar-refractivity contribution in [3.63, 3.8) is 0 Å². The molecule has 3 aromatic rings. The lowest BCUT2D eigenvalue weighted by molar-refractivity contribution is -0.121. The van der Waals surface area contributed by atoms with E-state index < -0.39 is 0 Å². The highest BCUT2D eigenvalue weighted by Gasteiger charge is 2.06. The first kappa shape index (κ1) is 18.6. The van der Waals surface area contributed by atoms with Crippen LogP contribution in [0.15, 0.2) is 71.5 Å². The maximum atomic E-state index is 12.1. The van der Waals surface area contributed by atoms with E-state index in [0.29, 0.717) is 12.2 Å². The Kier molecular flexibility index (Phi) is 6.15. The first-order valence-electron chi connectivity index (χ1n) is 9.14. The van der Waals surface area contributed by atoms with Crippen LogP contribution >= 0.6 is 0 Å². The van der Waals surface area contributed by atoms with Gasteiger partial charge in [0.15, 0.2) is 0 Å². The molecule has 0 radical (unpaired) electrons. The number of nitrogens with one attached hydrogen (secondary N) is 1. The fraction of sp³-hybridized carbons (Fsp3) is 0.227. The average molecular weight is 361 g/mol. The quantitative estimate of drug-likeness (QED) is 0.703. The van der Waals surface area contributed by atoms with Gasteiger partial charge in [-0.25, -0.2) is 4.68 Å². The monoisotopic (exact) mass is 361 g/mol. The second-order valence-corrected chi connectivity index (χ2v) is 6.34. The number of carbonyl (C=O) groups is 1. The SMILES string of the molecule is CCc1ccc(CNC(=O)CCn2nc(-c3ccccc3)ccc2=O)cc1. The van der Waals surface area contributed by atoms with Gasteiger partial charge in [0.05, 0.1) is 12.2 Å². The Morgan fingerprint density at radius 3 is 2.37 bits per heavy atom. The summed E-state index contributed by atoms with van der Waals surface area (Å²) >= 11 is 0. The lowest BCUT2D eigenvalue weighted by Crippen LogP contribution is -2.28. The normalized spacial score (nSPS) is 10.6. The Balaban J connectivity index is 1.57. The number of aromatic nitrogens is 2. The molecule has 1 amide bonds. The van der Waals surface area contributed by atoms with Gasteiger partial charge in [-0.1, -0.05) is 61.5 Å². The van der Waals surface area contributed by atoms with Crippen LogP contribution in [0.4, 0.5) is 0 Å². The Morgan fingerprint density at radius 2 is 1.67 bits per heavy atom. The number of carbonyl (C=O) groups excluding carboxylic acids is 1. The van der Waals surface area contributed by atoms with Crippen molar-refractivity contribution < 1.29 is 4.79 Å². The van der Waals surface area contributed by atoms with Gasteiger partial charge < -0.3 is 5.32 Å². The summed E-state index contributed by atoms with van der Waals surface area (Å²) in [5, 5.41) is 7.27. The minimum atomic E-state index is -0.211. The second-order valence-electron chi connectivity index (χ2n) is 6.34. The second kappa shape index (κ2) is 8.94. The summed E-state index contributed by atoms with van der Waals surface area (Å²) in [5.74, 6) is -0.103. The molecule has 0 saturated carbocycles. The van der Waals surface area contributed by atoms with Gasteiger partial charge in [-0.05, 0) is 23.6 Å². The van der Waals surface area contributed by atoms with E-state index in [0.717, 1.165) is 17.5 Å². The van der Waals surface area contributed by atoms with E-state index in [4.69, 9.17) is 0 Å². The molecule has 0 bridgehead atoms. The number of aryl methyl sites for hydroxylation is 2. The zero-order valence-electron chi connectivity index (χ0n) is 15.4. The predicted octanol–water partition coefficient (Wildman–Crippen LogP) is 3.18. The maximum Gasteiger partial charge on any atom is 0.266 e. The van der Waals surface area contributed by atoms with E-state index in [1.165, 1.54) is 16.3 Å². The molecule has 5 heteroatoms. The van der Waals surface area contributed by atoms with Gasteiger partial charge in [0.1, 0.15) is 0 Å². The fourth-order valence-corrected chi connectivity index (χ4v) is 2.76. The van der Waals surface area contributed by atoms with Gasteiger partial charge in [0, 0.05) is 24.6 Å². The molecule has 2 aromatic carbocycles. The molecule has 0 atom stereocenters. The van der Waals surface area contributed by atoms with E-state index in [1.807, 2.05) is 42.5 Å². The van der Waals surface area contributed by atoms with Crippen LogP contribution in [-0.4, -0.2) is 15.7 Å². The van der Waals surface area contributed by atoms with Gasteiger partial charge in [-0.2, -0.15) is 5.10 Å². The lowest BCUT2D eigenvalue weighted by atomic mass is 10.1. The summed E-state index contributed by atoms with van der Waals surface area (Å²) in [4.78, 5) is 24.1. The third-order valence-electron chi connectivity index (χ3n) is 4.41. The first-order valence-corrected chi connectivity index (χ1v) is 9.14. The number of amides is 1. The molecule has 3 rings (SSSR count). The molecule has 1 N–H and O–H groups in total. The summed E-state index contributed by atoms with van der Waals surface area (Å²) in [6, 6.07) is 21.0. The molecule has 0 fully saturated rings. The number of benzene rings is 2. The zero-order chi connectivity index (χ0) is 19.1. The molecule has 5 nitrogen and oxygen atoms in total. The van der Waals surface area contributed by atoms with Crippen LogP contribution < -0.4 is 10.9 Å². The Morgan fingerprint density at radius 1 is 0.963 bits per heavy atom. The summed E-state index contributed by atoms with van der Waals surface area (Å²) in [6.45, 7) is 2.84. The molecule has 0 aliphatic rings. The summed E-state index contributed by atoms with van der Waals surface area (Å²) in [5.41, 5.74) is 3.77. The number of hydrogen-bond donors (Lipinski definition) is 1. The molecule has 0 unspecified atom stereocenters. The van der Waals surface area contributed by atoms with Crippen LogP contribution in [0.3, 0.4) is 0 Å². The topological polar surface area (TPSA) is 64.0 Å². The van der Waals surface area contributed by atoms with Crippen LogP contribution in [-0.2, 0) is 24.3 Å². The molecule has 0 aliphatic carbocycles. The Bertz CT molecular complexity index is 947. The third-order valence-corrected chi connectivity index (χ3v) is 4.41. The minimum absolute atomic E-state index is 0.103. The molecule has 0 aliphatic heterocycles. The fourth-order valence-electron chi connectivity index (χ4n) is 2.76. The van der Waals surface area contributed by atoms with Crippen molar-refractivity contribution >= 4 is 5.91 Å². The number of nitrogens with zero attached hydrogens (tertiary/aromatic N) is 2. The van der Waals surface area contributed by atoms with Crippen molar-refractivity contribution in [2.24, 2.45) is 0 Å². The maximum absolute atomic E-state index is 12.1. The molecule has 27 heavy (non-hydrogen) atoms. The molecular formula is C22H23N3O2. The Labute approximate surface area is 158 Å². The molecule has 1 aromatic heterocycles. The highest BCUT2D eigenvalue weighted by molar-refractivity contribution is 5.75. The van der Waals surface area contributed by atoms with Crippen molar-refractivity contribution in [3.8, 4) is 11.3 Å². The third kappa shape index (κ3) is 5.14. The van der Waals surface area contributed by atoms with E-state index in [2.05, 4.69) is 29.5 Å². The van der Waals surface area contributed by atoms with Gasteiger partial charge in [0.2, 0.25) is 5.91 Å². The van der Waals surface area contributed by atoms with Gasteiger partial charge in [0.25, 0.3) is 5.56 Å². The van der Waals surface area contributed by atoms with Crippen LogP contribution in [0, 0.1) is 0 Å². The first-order chi connectivity index (χ1) is 13.2. The highest BCUT2D eigenvalue weighted by Crippen LogP contribution is 2.14. The lowest BCUT2D eigenvalue weighted by Gasteiger charge is -2.08. The summed E-state index contributed by atoms with van der Waals surface area (Å²) in [6.07, 6.45) is 1.20. The van der Waals surface area contributed by atoms with E-state index in [-0.39, 0.29) is 24.4 Å². The standard InChI is InChI=1S/C22H23N3O2/c1-2-17-8-10-18(11-9-17)16-23-21(26)14-15-25-22(27)13-12-20(24-25)19-6-4-3-5-7-19/h3-13H,2,14-16H2,1H3,(H,23,26). The average Bonchev–Trinajstić information content (AvgIpc) is 2.72. The van der Waals surface area contributed by atoms with Gasteiger partial charge in [-0.15, -0.1) is 0 Å². The minimum Gasteiger partial charge on any atom is -0.352 e. The largest absolute Gasteiger partial charge is 0.352 e. The smallest absolute Gasteiger partial charge is 0.266 e. The van der Waals surface area contributed by atoms with E-state index >= 15 is 0 Å². The van der Waals surface area contributed by atoms with Gasteiger partial charge >= 0.3 is 0 Å². The molecular weight excluding hydrogens is 338 g/mol. The van der Waals surface area contributed by atoms with E-state index in [1.54, 1.807) is 6.07 Å². The van der Waals surface area contributed by atoms with Crippen molar-refractivity contribution in [1.82, 2.24) is 15.1 Å². The predicted molar refractivity (Wildman–Crippen MR) is 106 cm³/mol. The molecule has 138 valence electrons. The Hall–Kier alpha value is -3.21. The highest BCUT2D eigenvalue weighted by atomic mass is 16.2. The zero-order valence-corrected chi connectivity index (χ0v) is 15.4. The molecule has 1 heterocycles. The number of rotatable bonds is 7. The van der Waals surface area contributed by atoms with Crippen LogP contribution in [0.2, 0.25) is 0 Å². The van der Waals surface area contributed by atoms with Crippen molar-refractivity contribution in [1.29, 1.82) is 0 Å². The van der Waals surface area contributed by atoms with Gasteiger partial charge in [-0.3, -0.25) is 9.59 Å². The molecule has 0 saturated heterocycles. The van der Waals surface area contributed by atoms with Crippen LogP contribution in [0.1, 0.15) is 24.5 Å². The number of hydrogen-bond acceptors (Lipinski definition) is 3. The van der Waals surface area contributed by atoms with Crippen LogP contribution in [0.25, 0.3) is 11.3 Å². The summed E-state index contributed by atoms with van der Waals surface area (Å²) in [7, 11) is 0. The van der Waals surface area contributed by atoms with Crippen molar-refractivity contribution in [2.75, 3.05) is 0 Å². The van der Waals surface area contributed by atoms with Crippen molar-refractivity contribution in [3.05, 3.63) is 88.2 Å². The van der Waals surface area contributed by atoms with E-state index in [9.17, 15) is 9.59 Å². The van der Waals surface area contributed by atoms with Crippen molar-refractivity contribution in [2.45, 2.75) is 32.9 Å². The molecule has 0 spiro atoms. The summed E-state index contributed by atoms with van der Waals surface area (Å²) < 4.78 is 1.35. The van der Waals surface area contributed by atoms with Crippen LogP contribution in [0.5, 0.6) is 0 Å².